The highest BCUT2D eigenvalue weighted by atomic mass is 35.5. The molecule has 106 valence electrons. The van der Waals surface area contributed by atoms with Gasteiger partial charge >= 0.3 is 0 Å². The summed E-state index contributed by atoms with van der Waals surface area (Å²) in [4.78, 5) is 0. The van der Waals surface area contributed by atoms with Gasteiger partial charge in [0.15, 0.2) is 0 Å². The van der Waals surface area contributed by atoms with Crippen LogP contribution in [0.15, 0.2) is 48.5 Å². The topological polar surface area (TPSA) is 35.2 Å². The van der Waals surface area contributed by atoms with E-state index in [1.54, 1.807) is 0 Å². The third-order valence-corrected chi connectivity index (χ3v) is 3.56. The smallest absolute Gasteiger partial charge is 0.120 e. The predicted molar refractivity (Wildman–Crippen MR) is 84.1 cm³/mol. The summed E-state index contributed by atoms with van der Waals surface area (Å²) >= 11 is 6.21. The molecule has 2 N–H and O–H groups in total. The van der Waals surface area contributed by atoms with Gasteiger partial charge in [0.1, 0.15) is 12.4 Å². The van der Waals surface area contributed by atoms with Crippen LogP contribution in [0.25, 0.3) is 0 Å². The Morgan fingerprint density at radius 2 is 1.90 bits per heavy atom. The summed E-state index contributed by atoms with van der Waals surface area (Å²) in [6.07, 6.45) is 1.95. The van der Waals surface area contributed by atoms with Crippen molar-refractivity contribution in [2.45, 2.75) is 32.4 Å². The zero-order chi connectivity index (χ0) is 14.4. The summed E-state index contributed by atoms with van der Waals surface area (Å²) in [7, 11) is 0. The molecule has 0 aliphatic carbocycles. The fourth-order valence-electron chi connectivity index (χ4n) is 2.10. The summed E-state index contributed by atoms with van der Waals surface area (Å²) < 4.78 is 5.80. The normalized spacial score (nSPS) is 12.2. The van der Waals surface area contributed by atoms with Crippen LogP contribution in [-0.4, -0.2) is 0 Å². The van der Waals surface area contributed by atoms with Crippen LogP contribution in [0.1, 0.15) is 36.9 Å². The van der Waals surface area contributed by atoms with Crippen molar-refractivity contribution in [3.63, 3.8) is 0 Å². The number of ether oxygens (including phenoxy) is 1. The number of halogens is 1. The fourth-order valence-corrected chi connectivity index (χ4v) is 2.36. The standard InChI is InChI=1S/C17H20ClNO/c1-2-6-17(19)15-11-14(9-10-16(15)18)20-12-13-7-4-3-5-8-13/h3-5,7-11,17H,2,6,12,19H2,1H3. The van der Waals surface area contributed by atoms with Gasteiger partial charge in [-0.1, -0.05) is 55.3 Å². The van der Waals surface area contributed by atoms with E-state index >= 15 is 0 Å². The highest BCUT2D eigenvalue weighted by Crippen LogP contribution is 2.28. The Kier molecular flexibility index (Phi) is 5.45. The third-order valence-electron chi connectivity index (χ3n) is 3.21. The molecule has 0 amide bonds. The van der Waals surface area contributed by atoms with Gasteiger partial charge in [-0.15, -0.1) is 0 Å². The lowest BCUT2D eigenvalue weighted by Gasteiger charge is -2.15. The first kappa shape index (κ1) is 14.9. The van der Waals surface area contributed by atoms with E-state index in [9.17, 15) is 0 Å². The quantitative estimate of drug-likeness (QED) is 0.835. The molecule has 0 fully saturated rings. The van der Waals surface area contributed by atoms with Crippen molar-refractivity contribution in [2.24, 2.45) is 5.73 Å². The largest absolute Gasteiger partial charge is 0.489 e. The van der Waals surface area contributed by atoms with Crippen LogP contribution in [0.2, 0.25) is 5.02 Å². The van der Waals surface area contributed by atoms with Crippen molar-refractivity contribution in [3.05, 3.63) is 64.7 Å². The maximum absolute atomic E-state index is 6.21. The molecule has 0 aliphatic rings. The van der Waals surface area contributed by atoms with E-state index in [0.29, 0.717) is 11.6 Å². The van der Waals surface area contributed by atoms with Gasteiger partial charge in [-0.2, -0.15) is 0 Å². The molecule has 0 aliphatic heterocycles. The molecule has 0 bridgehead atoms. The Morgan fingerprint density at radius 3 is 2.60 bits per heavy atom. The second-order valence-electron chi connectivity index (χ2n) is 4.85. The number of rotatable bonds is 6. The van der Waals surface area contributed by atoms with Crippen LogP contribution >= 0.6 is 11.6 Å². The van der Waals surface area contributed by atoms with E-state index in [-0.39, 0.29) is 6.04 Å². The molecule has 0 heterocycles. The van der Waals surface area contributed by atoms with Crippen LogP contribution in [0, 0.1) is 0 Å². The van der Waals surface area contributed by atoms with Crippen molar-refractivity contribution >= 4 is 11.6 Å². The van der Waals surface area contributed by atoms with E-state index in [4.69, 9.17) is 22.1 Å². The molecule has 20 heavy (non-hydrogen) atoms. The molecule has 0 spiro atoms. The molecule has 2 aromatic carbocycles. The second kappa shape index (κ2) is 7.32. The first-order valence-electron chi connectivity index (χ1n) is 6.92. The Hall–Kier alpha value is -1.51. The fraction of sp³-hybridized carbons (Fsp3) is 0.294. The molecule has 0 aromatic heterocycles. The molecule has 0 radical (unpaired) electrons. The van der Waals surface area contributed by atoms with E-state index < -0.39 is 0 Å². The van der Waals surface area contributed by atoms with Crippen molar-refractivity contribution in [2.75, 3.05) is 0 Å². The number of benzene rings is 2. The summed E-state index contributed by atoms with van der Waals surface area (Å²) in [5.41, 5.74) is 8.24. The minimum atomic E-state index is -0.0345. The van der Waals surface area contributed by atoms with Crippen LogP contribution in [-0.2, 0) is 6.61 Å². The van der Waals surface area contributed by atoms with Gasteiger partial charge in [0.25, 0.3) is 0 Å². The van der Waals surface area contributed by atoms with Crippen LogP contribution in [0.4, 0.5) is 0 Å². The zero-order valence-corrected chi connectivity index (χ0v) is 12.4. The molecule has 2 aromatic rings. The van der Waals surface area contributed by atoms with Crippen LogP contribution in [0.3, 0.4) is 0 Å². The van der Waals surface area contributed by atoms with E-state index in [1.807, 2.05) is 48.5 Å². The lowest BCUT2D eigenvalue weighted by Crippen LogP contribution is -2.10. The highest BCUT2D eigenvalue weighted by molar-refractivity contribution is 6.31. The average molecular weight is 290 g/mol. The summed E-state index contributed by atoms with van der Waals surface area (Å²) in [6.45, 7) is 2.66. The van der Waals surface area contributed by atoms with Gasteiger partial charge in [-0.25, -0.2) is 0 Å². The van der Waals surface area contributed by atoms with Crippen LogP contribution < -0.4 is 10.5 Å². The van der Waals surface area contributed by atoms with Gasteiger partial charge < -0.3 is 10.5 Å². The van der Waals surface area contributed by atoms with Crippen molar-refractivity contribution in [1.29, 1.82) is 0 Å². The Labute approximate surface area is 125 Å². The summed E-state index contributed by atoms with van der Waals surface area (Å²) in [6, 6.07) is 15.7. The highest BCUT2D eigenvalue weighted by Gasteiger charge is 2.10. The van der Waals surface area contributed by atoms with Gasteiger partial charge in [-0.3, -0.25) is 0 Å². The number of nitrogens with two attached hydrogens (primary N) is 1. The molecule has 0 saturated heterocycles. The first-order chi connectivity index (χ1) is 9.70. The van der Waals surface area contributed by atoms with Gasteiger partial charge in [-0.05, 0) is 35.7 Å². The molecular weight excluding hydrogens is 270 g/mol. The summed E-state index contributed by atoms with van der Waals surface area (Å²) in [5, 5.41) is 0.706. The second-order valence-corrected chi connectivity index (χ2v) is 5.26. The van der Waals surface area contributed by atoms with E-state index in [1.165, 1.54) is 0 Å². The minimum Gasteiger partial charge on any atom is -0.489 e. The SMILES string of the molecule is CCCC(N)c1cc(OCc2ccccc2)ccc1Cl. The number of hydrogen-bond donors (Lipinski definition) is 1. The zero-order valence-electron chi connectivity index (χ0n) is 11.7. The monoisotopic (exact) mass is 289 g/mol. The maximum atomic E-state index is 6.21. The Morgan fingerprint density at radius 1 is 1.15 bits per heavy atom. The van der Waals surface area contributed by atoms with Gasteiger partial charge in [0.2, 0.25) is 0 Å². The molecule has 1 unspecified atom stereocenters. The van der Waals surface area contributed by atoms with Crippen LogP contribution in [0.5, 0.6) is 5.75 Å². The maximum Gasteiger partial charge on any atom is 0.120 e. The third kappa shape index (κ3) is 3.99. The molecule has 0 saturated carbocycles. The molecule has 2 nitrogen and oxygen atoms in total. The average Bonchev–Trinajstić information content (AvgIpc) is 2.47. The lowest BCUT2D eigenvalue weighted by molar-refractivity contribution is 0.305. The molecule has 2 rings (SSSR count). The van der Waals surface area contributed by atoms with Crippen molar-refractivity contribution in [3.8, 4) is 5.75 Å². The van der Waals surface area contributed by atoms with Crippen molar-refractivity contribution in [1.82, 2.24) is 0 Å². The molecular formula is C17H20ClNO. The summed E-state index contributed by atoms with van der Waals surface area (Å²) in [5.74, 6) is 0.805. The first-order valence-corrected chi connectivity index (χ1v) is 7.30. The van der Waals surface area contributed by atoms with E-state index in [2.05, 4.69) is 6.92 Å². The van der Waals surface area contributed by atoms with E-state index in [0.717, 1.165) is 29.7 Å². The lowest BCUT2D eigenvalue weighted by atomic mass is 10.0. The van der Waals surface area contributed by atoms with Gasteiger partial charge in [0, 0.05) is 11.1 Å². The number of hydrogen-bond acceptors (Lipinski definition) is 2. The predicted octanol–water partition coefficient (Wildman–Crippen LogP) is 4.72. The van der Waals surface area contributed by atoms with Gasteiger partial charge in [0.05, 0.1) is 0 Å². The minimum absolute atomic E-state index is 0.0345. The Balaban J connectivity index is 2.07. The molecule has 1 atom stereocenters. The van der Waals surface area contributed by atoms with Crippen molar-refractivity contribution < 1.29 is 4.74 Å². The Bertz CT molecular complexity index is 542. The molecule has 3 heteroatoms.